The lowest BCUT2D eigenvalue weighted by Crippen LogP contribution is -2.58. The summed E-state index contributed by atoms with van der Waals surface area (Å²) in [5.41, 5.74) is 2.81. The van der Waals surface area contributed by atoms with Gasteiger partial charge in [-0.25, -0.2) is 0 Å². The average molecular weight is 553 g/mol. The second kappa shape index (κ2) is 10.4. The second-order valence-electron chi connectivity index (χ2n) is 11.9. The molecule has 5 rings (SSSR count). The van der Waals surface area contributed by atoms with E-state index in [2.05, 4.69) is 12.2 Å². The van der Waals surface area contributed by atoms with E-state index in [1.807, 2.05) is 65.0 Å². The molecule has 7 nitrogen and oxygen atoms in total. The van der Waals surface area contributed by atoms with Crippen LogP contribution in [-0.2, 0) is 19.1 Å². The maximum absolute atomic E-state index is 14.8. The molecule has 0 radical (unpaired) electrons. The highest BCUT2D eigenvalue weighted by atomic mass is 32.2. The van der Waals surface area contributed by atoms with E-state index in [4.69, 9.17) is 4.74 Å². The summed E-state index contributed by atoms with van der Waals surface area (Å²) in [4.78, 5) is 46.4. The first-order valence-electron chi connectivity index (χ1n) is 14.1. The Morgan fingerprint density at radius 3 is 2.44 bits per heavy atom. The fraction of sp³-hybridized carbons (Fsp3) is 0.581. The van der Waals surface area contributed by atoms with Gasteiger partial charge in [0.25, 0.3) is 5.91 Å². The molecule has 1 unspecified atom stereocenters. The number of nitrogens with zero attached hydrogens (tertiary/aromatic N) is 2. The van der Waals surface area contributed by atoms with Crippen molar-refractivity contribution >= 4 is 35.2 Å². The maximum Gasteiger partial charge on any atom is 0.311 e. The van der Waals surface area contributed by atoms with Gasteiger partial charge < -0.3 is 19.6 Å². The number of aliphatic hydroxyl groups is 1. The number of thioether (sulfide) groups is 1. The third kappa shape index (κ3) is 4.34. The molecule has 39 heavy (non-hydrogen) atoms. The summed E-state index contributed by atoms with van der Waals surface area (Å²) in [7, 11) is 0. The minimum absolute atomic E-state index is 0.0872. The lowest BCUT2D eigenvalue weighted by Gasteiger charge is -2.41. The van der Waals surface area contributed by atoms with Crippen molar-refractivity contribution in [1.29, 1.82) is 0 Å². The van der Waals surface area contributed by atoms with Gasteiger partial charge in [0.15, 0.2) is 0 Å². The van der Waals surface area contributed by atoms with E-state index < -0.39 is 33.4 Å². The number of esters is 1. The summed E-state index contributed by atoms with van der Waals surface area (Å²) >= 11 is 1.55. The minimum atomic E-state index is -0.974. The third-order valence-corrected chi connectivity index (χ3v) is 10.8. The first-order chi connectivity index (χ1) is 18.6. The number of para-hydroxylation sites is 1. The Balaban J connectivity index is 1.71. The molecule has 4 aliphatic rings. The fourth-order valence-corrected chi connectivity index (χ4v) is 9.29. The topological polar surface area (TPSA) is 87.2 Å². The molecule has 8 heteroatoms. The van der Waals surface area contributed by atoms with Crippen LogP contribution >= 0.6 is 11.8 Å². The molecule has 2 fully saturated rings. The van der Waals surface area contributed by atoms with Gasteiger partial charge in [-0.3, -0.25) is 14.4 Å². The molecule has 1 spiro atoms. The van der Waals surface area contributed by atoms with Crippen molar-refractivity contribution < 1.29 is 24.2 Å². The number of ether oxygens (including phenoxy) is 1. The van der Waals surface area contributed by atoms with Crippen LogP contribution in [0, 0.1) is 31.6 Å². The number of fused-ring (bicyclic) bond motifs is 2. The zero-order valence-corrected chi connectivity index (χ0v) is 24.4. The Hall–Kier alpha value is -2.58. The molecule has 2 saturated heterocycles. The van der Waals surface area contributed by atoms with Crippen molar-refractivity contribution in [3.8, 4) is 0 Å². The Morgan fingerprint density at radius 1 is 1.05 bits per heavy atom. The third-order valence-electron chi connectivity index (χ3n) is 8.96. The molecule has 1 aromatic rings. The molecular formula is C31H40N2O5S. The van der Waals surface area contributed by atoms with Crippen LogP contribution in [0.5, 0.6) is 0 Å². The molecule has 0 saturated carbocycles. The molecule has 4 aliphatic heterocycles. The average Bonchev–Trinajstić information content (AvgIpc) is 3.20. The summed E-state index contributed by atoms with van der Waals surface area (Å²) in [6, 6.07) is 4.53. The van der Waals surface area contributed by atoms with Crippen molar-refractivity contribution in [3.63, 3.8) is 0 Å². The summed E-state index contributed by atoms with van der Waals surface area (Å²) in [5.74, 6) is -2.42. The van der Waals surface area contributed by atoms with Gasteiger partial charge in [-0.15, -0.1) is 11.8 Å². The number of allylic oxidation sites excluding steroid dienone is 1. The lowest BCUT2D eigenvalue weighted by atomic mass is 9.74. The van der Waals surface area contributed by atoms with E-state index in [0.717, 1.165) is 36.1 Å². The molecule has 1 aromatic carbocycles. The van der Waals surface area contributed by atoms with Crippen molar-refractivity contribution in [1.82, 2.24) is 4.90 Å². The summed E-state index contributed by atoms with van der Waals surface area (Å²) in [6.45, 7) is 10.3. The van der Waals surface area contributed by atoms with Crippen LogP contribution in [-0.4, -0.2) is 69.1 Å². The van der Waals surface area contributed by atoms with Crippen molar-refractivity contribution in [2.24, 2.45) is 17.8 Å². The zero-order valence-electron chi connectivity index (χ0n) is 23.6. The Bertz CT molecular complexity index is 1210. The molecule has 2 amide bonds. The number of anilines is 1. The van der Waals surface area contributed by atoms with Gasteiger partial charge >= 0.3 is 5.97 Å². The number of carbonyl (C=O) groups excluding carboxylic acids is 3. The standard InChI is InChI=1S/C31H40N2O5S/c1-19(2)22(18-34)33-26-28(36)32(25-20(3)12-10-13-21(25)4)16-11-15-31(26)23(27(33)35)24-29(37)38-17-9-7-6-8-14-30(24,5)39-31/h8,10-15,19,22-24,26,34H,6-7,9,16-18H2,1-5H3/b14-8-/t22-,23-,24-,26?,30+,31-/m0/s1. The summed E-state index contributed by atoms with van der Waals surface area (Å²) in [5, 5.41) is 10.5. The van der Waals surface area contributed by atoms with Crippen LogP contribution < -0.4 is 4.90 Å². The second-order valence-corrected chi connectivity index (χ2v) is 13.7. The molecule has 6 atom stereocenters. The number of aliphatic hydroxyl groups excluding tert-OH is 1. The van der Waals surface area contributed by atoms with E-state index in [9.17, 15) is 19.5 Å². The van der Waals surface area contributed by atoms with Gasteiger partial charge in [-0.1, -0.05) is 56.4 Å². The molecular weight excluding hydrogens is 512 g/mol. The fourth-order valence-electron chi connectivity index (χ4n) is 7.15. The molecule has 1 N–H and O–H groups in total. The quantitative estimate of drug-likeness (QED) is 0.445. The highest BCUT2D eigenvalue weighted by Gasteiger charge is 2.74. The number of amides is 2. The van der Waals surface area contributed by atoms with E-state index in [0.29, 0.717) is 13.2 Å². The molecule has 210 valence electrons. The largest absolute Gasteiger partial charge is 0.465 e. The van der Waals surface area contributed by atoms with Crippen LogP contribution in [0.1, 0.15) is 51.2 Å². The van der Waals surface area contributed by atoms with E-state index in [1.165, 1.54) is 0 Å². The number of cyclic esters (lactones) is 1. The van der Waals surface area contributed by atoms with Crippen molar-refractivity contribution in [2.75, 3.05) is 24.7 Å². The van der Waals surface area contributed by atoms with Crippen molar-refractivity contribution in [2.45, 2.75) is 75.5 Å². The highest BCUT2D eigenvalue weighted by Crippen LogP contribution is 2.65. The van der Waals surface area contributed by atoms with Crippen molar-refractivity contribution in [3.05, 3.63) is 53.6 Å². The monoisotopic (exact) mass is 552 g/mol. The summed E-state index contributed by atoms with van der Waals surface area (Å²) in [6.07, 6.45) is 10.8. The van der Waals surface area contributed by atoms with Crippen LogP contribution in [0.3, 0.4) is 0 Å². The predicted molar refractivity (Wildman–Crippen MR) is 153 cm³/mol. The van der Waals surface area contributed by atoms with Crippen LogP contribution in [0.25, 0.3) is 0 Å². The molecule has 0 bridgehead atoms. The Kier molecular flexibility index (Phi) is 7.48. The molecule has 0 aromatic heterocycles. The first-order valence-corrected chi connectivity index (χ1v) is 14.9. The van der Waals surface area contributed by atoms with Gasteiger partial charge in [0, 0.05) is 17.0 Å². The lowest BCUT2D eigenvalue weighted by molar-refractivity contribution is -0.155. The maximum atomic E-state index is 14.8. The predicted octanol–water partition coefficient (Wildman–Crippen LogP) is 4.19. The Morgan fingerprint density at radius 2 is 1.77 bits per heavy atom. The van der Waals surface area contributed by atoms with Gasteiger partial charge in [0.1, 0.15) is 6.04 Å². The van der Waals surface area contributed by atoms with E-state index in [1.54, 1.807) is 21.6 Å². The SMILES string of the molecule is Cc1cccc(C)c1N1CC=C[C@]23S[C@]4(C)/C=C\CCCCOC(=O)[C@@H]4[C@H]2C(=O)N([C@@H](CO)C(C)C)C3C1=O. The smallest absolute Gasteiger partial charge is 0.311 e. The van der Waals surface area contributed by atoms with Crippen LogP contribution in [0.15, 0.2) is 42.5 Å². The van der Waals surface area contributed by atoms with E-state index in [-0.39, 0.29) is 30.3 Å². The van der Waals surface area contributed by atoms with Crippen LogP contribution in [0.4, 0.5) is 5.69 Å². The van der Waals surface area contributed by atoms with E-state index >= 15 is 0 Å². The number of hydrogen-bond acceptors (Lipinski definition) is 6. The van der Waals surface area contributed by atoms with Gasteiger partial charge in [0.05, 0.1) is 35.8 Å². The number of aryl methyl sites for hydroxylation is 2. The van der Waals surface area contributed by atoms with Gasteiger partial charge in [0.2, 0.25) is 5.91 Å². The number of likely N-dealkylation sites (tertiary alicyclic amines) is 1. The number of benzene rings is 1. The summed E-state index contributed by atoms with van der Waals surface area (Å²) < 4.78 is 4.06. The van der Waals surface area contributed by atoms with Crippen LogP contribution in [0.2, 0.25) is 0 Å². The normalized spacial score (nSPS) is 34.3. The number of hydrogen-bond donors (Lipinski definition) is 1. The first kappa shape index (κ1) is 28.0. The number of carbonyl (C=O) groups is 3. The molecule has 4 heterocycles. The minimum Gasteiger partial charge on any atom is -0.465 e. The van der Waals surface area contributed by atoms with Gasteiger partial charge in [-0.2, -0.15) is 0 Å². The Labute approximate surface area is 235 Å². The highest BCUT2D eigenvalue weighted by molar-refractivity contribution is 8.02. The zero-order chi connectivity index (χ0) is 28.1. The molecule has 0 aliphatic carbocycles. The number of rotatable bonds is 4. The van der Waals surface area contributed by atoms with Gasteiger partial charge in [-0.05, 0) is 57.1 Å².